The summed E-state index contributed by atoms with van der Waals surface area (Å²) in [4.78, 5) is 13.4. The van der Waals surface area contributed by atoms with Crippen LogP contribution in [0.2, 0.25) is 0 Å². The van der Waals surface area contributed by atoms with Crippen molar-refractivity contribution in [3.8, 4) is 0 Å². The van der Waals surface area contributed by atoms with E-state index < -0.39 is 5.97 Å². The molecule has 0 bridgehead atoms. The highest BCUT2D eigenvalue weighted by Gasteiger charge is 2.32. The molecule has 1 aromatic carbocycles. The predicted octanol–water partition coefficient (Wildman–Crippen LogP) is 3.51. The van der Waals surface area contributed by atoms with Crippen LogP contribution in [-0.2, 0) is 4.79 Å². The van der Waals surface area contributed by atoms with Crippen LogP contribution in [0.4, 0.5) is 0 Å². The van der Waals surface area contributed by atoms with E-state index >= 15 is 0 Å². The van der Waals surface area contributed by atoms with Crippen LogP contribution in [0.1, 0.15) is 50.0 Å². The zero-order valence-corrected chi connectivity index (χ0v) is 12.6. The fraction of sp³-hybridized carbons (Fsp3) is 0.611. The van der Waals surface area contributed by atoms with Gasteiger partial charge < -0.3 is 10.0 Å². The second-order valence-electron chi connectivity index (χ2n) is 6.66. The normalized spacial score (nSPS) is 30.4. The number of carbonyl (C=O) groups is 1. The van der Waals surface area contributed by atoms with Crippen molar-refractivity contribution in [2.45, 2.75) is 50.5 Å². The lowest BCUT2D eigenvalue weighted by Gasteiger charge is -2.35. The van der Waals surface area contributed by atoms with Crippen LogP contribution in [0.3, 0.4) is 0 Å². The molecule has 1 saturated heterocycles. The summed E-state index contributed by atoms with van der Waals surface area (Å²) >= 11 is 0. The van der Waals surface area contributed by atoms with Crippen molar-refractivity contribution >= 4 is 5.97 Å². The lowest BCUT2D eigenvalue weighted by atomic mass is 9.81. The molecule has 0 aromatic heterocycles. The molecule has 1 N–H and O–H groups in total. The van der Waals surface area contributed by atoms with E-state index in [1.807, 2.05) is 0 Å². The van der Waals surface area contributed by atoms with Gasteiger partial charge in [0.1, 0.15) is 0 Å². The van der Waals surface area contributed by atoms with Crippen molar-refractivity contribution in [1.82, 2.24) is 4.90 Å². The largest absolute Gasteiger partial charge is 0.481 e. The molecule has 21 heavy (non-hydrogen) atoms. The maximum atomic E-state index is 10.8. The number of rotatable bonds is 4. The van der Waals surface area contributed by atoms with E-state index in [-0.39, 0.29) is 0 Å². The van der Waals surface area contributed by atoms with E-state index in [1.54, 1.807) is 0 Å². The lowest BCUT2D eigenvalue weighted by Crippen LogP contribution is -2.36. The minimum atomic E-state index is -0.644. The number of nitrogens with zero attached hydrogens (tertiary/aromatic N) is 1. The van der Waals surface area contributed by atoms with Crippen LogP contribution < -0.4 is 0 Å². The van der Waals surface area contributed by atoms with Gasteiger partial charge in [0.15, 0.2) is 0 Å². The minimum absolute atomic E-state index is 0.343. The van der Waals surface area contributed by atoms with Crippen molar-refractivity contribution in [1.29, 1.82) is 0 Å². The lowest BCUT2D eigenvalue weighted by molar-refractivity contribution is -0.138. The highest BCUT2D eigenvalue weighted by Crippen LogP contribution is 2.36. The number of carboxylic acid groups (broad SMARTS) is 1. The average Bonchev–Trinajstić information content (AvgIpc) is 2.96. The van der Waals surface area contributed by atoms with Crippen LogP contribution in [0, 0.1) is 5.92 Å². The highest BCUT2D eigenvalue weighted by atomic mass is 16.4. The number of carboxylic acids is 1. The highest BCUT2D eigenvalue weighted by molar-refractivity contribution is 5.67. The topological polar surface area (TPSA) is 40.5 Å². The summed E-state index contributed by atoms with van der Waals surface area (Å²) < 4.78 is 0. The summed E-state index contributed by atoms with van der Waals surface area (Å²) in [5.74, 6) is 0.448. The molecule has 3 heteroatoms. The summed E-state index contributed by atoms with van der Waals surface area (Å²) in [5.41, 5.74) is 1.49. The molecule has 3 nitrogen and oxygen atoms in total. The predicted molar refractivity (Wildman–Crippen MR) is 83.4 cm³/mol. The smallest absolute Gasteiger partial charge is 0.303 e. The van der Waals surface area contributed by atoms with E-state index in [2.05, 4.69) is 35.2 Å². The van der Waals surface area contributed by atoms with Gasteiger partial charge in [-0.2, -0.15) is 0 Å². The van der Waals surface area contributed by atoms with Gasteiger partial charge in [0.2, 0.25) is 0 Å². The molecule has 1 aliphatic carbocycles. The van der Waals surface area contributed by atoms with E-state index in [9.17, 15) is 4.79 Å². The molecule has 1 unspecified atom stereocenters. The maximum absolute atomic E-state index is 10.8. The standard InChI is InChI=1S/C18H25NO2/c20-18(21)12-14-10-11-19(13-14)17-8-6-16(7-9-17)15-4-2-1-3-5-15/h1-5,14,16-17H,6-13H2,(H,20,21). The molecule has 0 radical (unpaired) electrons. The van der Waals surface area contributed by atoms with Gasteiger partial charge in [-0.15, -0.1) is 0 Å². The molecule has 1 aliphatic heterocycles. The quantitative estimate of drug-likeness (QED) is 0.921. The fourth-order valence-corrected chi connectivity index (χ4v) is 4.11. The van der Waals surface area contributed by atoms with Crippen molar-refractivity contribution in [2.24, 2.45) is 5.92 Å². The average molecular weight is 287 g/mol. The Morgan fingerprint density at radius 3 is 2.48 bits per heavy atom. The number of hydrogen-bond acceptors (Lipinski definition) is 2. The Morgan fingerprint density at radius 2 is 1.81 bits per heavy atom. The third kappa shape index (κ3) is 3.65. The Hall–Kier alpha value is -1.35. The summed E-state index contributed by atoms with van der Waals surface area (Å²) in [5, 5.41) is 8.91. The second-order valence-corrected chi connectivity index (χ2v) is 6.66. The second kappa shape index (κ2) is 6.61. The van der Waals surface area contributed by atoms with E-state index in [0.717, 1.165) is 25.4 Å². The molecule has 2 aliphatic rings. The third-order valence-corrected chi connectivity index (χ3v) is 5.26. The van der Waals surface area contributed by atoms with E-state index in [1.165, 1.54) is 31.2 Å². The Kier molecular flexibility index (Phi) is 4.59. The summed E-state index contributed by atoms with van der Waals surface area (Å²) in [6.07, 6.45) is 6.48. The molecule has 0 amide bonds. The summed E-state index contributed by atoms with van der Waals surface area (Å²) in [7, 11) is 0. The summed E-state index contributed by atoms with van der Waals surface area (Å²) in [6.45, 7) is 2.09. The van der Waals surface area contributed by atoms with Gasteiger partial charge in [0.05, 0.1) is 0 Å². The zero-order valence-electron chi connectivity index (χ0n) is 12.6. The van der Waals surface area contributed by atoms with Gasteiger partial charge >= 0.3 is 5.97 Å². The number of aliphatic carboxylic acids is 1. The van der Waals surface area contributed by atoms with Crippen molar-refractivity contribution in [3.63, 3.8) is 0 Å². The zero-order chi connectivity index (χ0) is 14.7. The fourth-order valence-electron chi connectivity index (χ4n) is 4.11. The first-order valence-electron chi connectivity index (χ1n) is 8.23. The van der Waals surface area contributed by atoms with Crippen molar-refractivity contribution in [2.75, 3.05) is 13.1 Å². The molecule has 114 valence electrons. The van der Waals surface area contributed by atoms with E-state index in [4.69, 9.17) is 5.11 Å². The Bertz CT molecular complexity index is 465. The van der Waals surface area contributed by atoms with Gasteiger partial charge in [0, 0.05) is 19.0 Å². The first-order chi connectivity index (χ1) is 10.2. The van der Waals surface area contributed by atoms with Crippen LogP contribution >= 0.6 is 0 Å². The molecule has 1 atom stereocenters. The molecular weight excluding hydrogens is 262 g/mol. The monoisotopic (exact) mass is 287 g/mol. The number of benzene rings is 1. The first kappa shape index (κ1) is 14.6. The summed E-state index contributed by atoms with van der Waals surface area (Å²) in [6, 6.07) is 11.6. The third-order valence-electron chi connectivity index (χ3n) is 5.26. The van der Waals surface area contributed by atoms with E-state index in [0.29, 0.717) is 18.4 Å². The van der Waals surface area contributed by atoms with Gasteiger partial charge in [-0.25, -0.2) is 0 Å². The molecule has 1 saturated carbocycles. The molecular formula is C18H25NO2. The van der Waals surface area contributed by atoms with Crippen molar-refractivity contribution in [3.05, 3.63) is 35.9 Å². The SMILES string of the molecule is O=C(O)CC1CCN(C2CCC(c3ccccc3)CC2)C1. The minimum Gasteiger partial charge on any atom is -0.481 e. The first-order valence-corrected chi connectivity index (χ1v) is 8.23. The van der Waals surface area contributed by atoms with Gasteiger partial charge in [-0.1, -0.05) is 30.3 Å². The molecule has 0 spiro atoms. The number of hydrogen-bond donors (Lipinski definition) is 1. The Balaban J connectivity index is 1.49. The molecule has 2 fully saturated rings. The van der Waals surface area contributed by atoms with Crippen LogP contribution in [-0.4, -0.2) is 35.1 Å². The van der Waals surface area contributed by atoms with Gasteiger partial charge in [0.25, 0.3) is 0 Å². The Labute approximate surface area is 127 Å². The molecule has 3 rings (SSSR count). The van der Waals surface area contributed by atoms with Gasteiger partial charge in [-0.3, -0.25) is 4.79 Å². The number of likely N-dealkylation sites (tertiary alicyclic amines) is 1. The molecule has 1 heterocycles. The maximum Gasteiger partial charge on any atom is 0.303 e. The molecule has 1 aromatic rings. The van der Waals surface area contributed by atoms with Gasteiger partial charge in [-0.05, 0) is 56.0 Å². The van der Waals surface area contributed by atoms with Crippen LogP contribution in [0.15, 0.2) is 30.3 Å². The Morgan fingerprint density at radius 1 is 1.10 bits per heavy atom. The van der Waals surface area contributed by atoms with Crippen LogP contribution in [0.5, 0.6) is 0 Å². The van der Waals surface area contributed by atoms with Crippen LogP contribution in [0.25, 0.3) is 0 Å². The van der Waals surface area contributed by atoms with Crippen molar-refractivity contribution < 1.29 is 9.90 Å².